The Morgan fingerprint density at radius 3 is 2.07 bits per heavy atom. The van der Waals surface area contributed by atoms with Crippen LogP contribution in [0.2, 0.25) is 0 Å². The largest absolute Gasteiger partial charge is 0.301 e. The topological polar surface area (TPSA) is 74.8 Å². The highest BCUT2D eigenvalue weighted by Gasteiger charge is 2.48. The average molecular weight is 429 g/mol. The van der Waals surface area contributed by atoms with Gasteiger partial charge in [0.05, 0.1) is 21.7 Å². The molecule has 6 nitrogen and oxygen atoms in total. The third kappa shape index (κ3) is 4.45. The summed E-state index contributed by atoms with van der Waals surface area (Å²) < 4.78 is 51.5. The first-order valence-corrected chi connectivity index (χ1v) is 13.3. The summed E-state index contributed by atoms with van der Waals surface area (Å²) in [6, 6.07) is 6.48. The molecule has 0 aliphatic carbocycles. The molecule has 0 spiro atoms. The van der Waals surface area contributed by atoms with Crippen molar-refractivity contribution >= 4 is 19.7 Å². The zero-order valence-corrected chi connectivity index (χ0v) is 18.9. The molecule has 1 aromatic carbocycles. The highest BCUT2D eigenvalue weighted by Crippen LogP contribution is 2.31. The van der Waals surface area contributed by atoms with E-state index in [0.29, 0.717) is 13.1 Å². The van der Waals surface area contributed by atoms with Crippen LogP contribution in [0.3, 0.4) is 0 Å². The van der Waals surface area contributed by atoms with Crippen LogP contribution in [0.1, 0.15) is 33.3 Å². The summed E-state index contributed by atoms with van der Waals surface area (Å²) in [6.45, 7) is 12.4. The molecule has 0 radical (unpaired) electrons. The summed E-state index contributed by atoms with van der Waals surface area (Å²) >= 11 is 0. The monoisotopic (exact) mass is 428 g/mol. The van der Waals surface area contributed by atoms with Gasteiger partial charge in [0.2, 0.25) is 0 Å². The predicted octanol–water partition coefficient (Wildman–Crippen LogP) is 1.56. The molecular formula is C20H32N2O4S2. The van der Waals surface area contributed by atoms with E-state index >= 15 is 0 Å². The predicted molar refractivity (Wildman–Crippen MR) is 112 cm³/mol. The number of rotatable bonds is 4. The second-order valence-electron chi connectivity index (χ2n) is 8.97. The average Bonchev–Trinajstić information content (AvgIpc) is 2.97. The number of sulfone groups is 2. The van der Waals surface area contributed by atoms with Crippen LogP contribution in [0.15, 0.2) is 29.2 Å². The van der Waals surface area contributed by atoms with Crippen LogP contribution in [0.25, 0.3) is 0 Å². The second kappa shape index (κ2) is 7.70. The molecule has 0 amide bonds. The highest BCUT2D eigenvalue weighted by molar-refractivity contribution is 7.96. The normalized spacial score (nSPS) is 27.1. The van der Waals surface area contributed by atoms with E-state index < -0.39 is 31.0 Å². The molecule has 0 saturated carbocycles. The number of piperazine rings is 1. The smallest absolute Gasteiger partial charge is 0.183 e. The van der Waals surface area contributed by atoms with Gasteiger partial charge in [-0.05, 0) is 29.7 Å². The van der Waals surface area contributed by atoms with Crippen LogP contribution >= 0.6 is 0 Å². The van der Waals surface area contributed by atoms with Crippen LogP contribution in [0.4, 0.5) is 0 Å². The fraction of sp³-hybridized carbons (Fsp3) is 0.700. The Morgan fingerprint density at radius 1 is 1.00 bits per heavy atom. The zero-order valence-electron chi connectivity index (χ0n) is 17.3. The minimum absolute atomic E-state index is 0.0664. The summed E-state index contributed by atoms with van der Waals surface area (Å²) in [7, 11) is -7.09. The molecule has 2 atom stereocenters. The van der Waals surface area contributed by atoms with Crippen LogP contribution in [0.5, 0.6) is 0 Å². The Kier molecular flexibility index (Phi) is 5.98. The van der Waals surface area contributed by atoms with E-state index in [2.05, 4.69) is 37.5 Å². The number of benzene rings is 1. The minimum Gasteiger partial charge on any atom is -0.301 e. The van der Waals surface area contributed by atoms with Crippen molar-refractivity contribution in [3.63, 3.8) is 0 Å². The maximum absolute atomic E-state index is 13.4. The summed E-state index contributed by atoms with van der Waals surface area (Å²) in [5.41, 5.74) is 0.984. The lowest BCUT2D eigenvalue weighted by Crippen LogP contribution is -2.54. The third-order valence-corrected chi connectivity index (χ3v) is 10.2. The number of hydrogen-bond acceptors (Lipinski definition) is 6. The fourth-order valence-corrected chi connectivity index (χ4v) is 8.99. The van der Waals surface area contributed by atoms with Gasteiger partial charge in [-0.1, -0.05) is 39.8 Å². The molecular weight excluding hydrogens is 396 g/mol. The maximum Gasteiger partial charge on any atom is 0.183 e. The Hall–Kier alpha value is -0.960. The molecule has 0 bridgehead atoms. The van der Waals surface area contributed by atoms with E-state index in [9.17, 15) is 16.8 Å². The van der Waals surface area contributed by atoms with Crippen molar-refractivity contribution in [2.24, 2.45) is 0 Å². The van der Waals surface area contributed by atoms with Crippen molar-refractivity contribution in [2.45, 2.75) is 49.3 Å². The van der Waals surface area contributed by atoms with Gasteiger partial charge in [-0.3, -0.25) is 4.90 Å². The van der Waals surface area contributed by atoms with Crippen molar-refractivity contribution in [3.8, 4) is 0 Å². The molecule has 2 aliphatic rings. The van der Waals surface area contributed by atoms with Crippen molar-refractivity contribution in [1.82, 2.24) is 9.80 Å². The van der Waals surface area contributed by atoms with E-state index in [1.165, 1.54) is 0 Å². The van der Waals surface area contributed by atoms with Crippen molar-refractivity contribution < 1.29 is 16.8 Å². The van der Waals surface area contributed by atoms with Gasteiger partial charge in [-0.25, -0.2) is 16.8 Å². The van der Waals surface area contributed by atoms with Gasteiger partial charge in [0.25, 0.3) is 0 Å². The van der Waals surface area contributed by atoms with Crippen molar-refractivity contribution in [2.75, 3.05) is 44.2 Å². The first-order valence-electron chi connectivity index (χ1n) is 9.95. The van der Waals surface area contributed by atoms with Gasteiger partial charge >= 0.3 is 0 Å². The SMILES string of the molecule is CCN1CCN([C@@H]2CS(=O)(=O)C[C@@H]2S(=O)(=O)c2ccc(C(C)(C)C)cc2)CC1. The van der Waals surface area contributed by atoms with Crippen LogP contribution in [0, 0.1) is 0 Å². The number of nitrogens with zero attached hydrogens (tertiary/aromatic N) is 2. The maximum atomic E-state index is 13.4. The van der Waals surface area contributed by atoms with E-state index in [0.717, 1.165) is 25.2 Å². The molecule has 2 saturated heterocycles. The van der Waals surface area contributed by atoms with Gasteiger partial charge in [-0.15, -0.1) is 0 Å². The molecule has 28 heavy (non-hydrogen) atoms. The molecule has 2 fully saturated rings. The Balaban J connectivity index is 1.88. The summed E-state index contributed by atoms with van der Waals surface area (Å²) in [5.74, 6) is -0.349. The first-order chi connectivity index (χ1) is 12.9. The van der Waals surface area contributed by atoms with Crippen LogP contribution in [-0.2, 0) is 25.1 Å². The van der Waals surface area contributed by atoms with Crippen LogP contribution < -0.4 is 0 Å². The lowest BCUT2D eigenvalue weighted by atomic mass is 9.87. The minimum atomic E-state index is -3.72. The molecule has 2 aliphatic heterocycles. The molecule has 8 heteroatoms. The van der Waals surface area contributed by atoms with Gasteiger partial charge in [0, 0.05) is 32.2 Å². The van der Waals surface area contributed by atoms with E-state index in [4.69, 9.17) is 0 Å². The second-order valence-corrected chi connectivity index (χ2v) is 13.3. The van der Waals surface area contributed by atoms with E-state index in [1.807, 2.05) is 12.1 Å². The Morgan fingerprint density at radius 2 is 1.57 bits per heavy atom. The number of hydrogen-bond donors (Lipinski definition) is 0. The zero-order chi connectivity index (χ0) is 20.7. The lowest BCUT2D eigenvalue weighted by Gasteiger charge is -2.39. The molecule has 0 unspecified atom stereocenters. The summed E-state index contributed by atoms with van der Waals surface area (Å²) in [6.07, 6.45) is 0. The lowest BCUT2D eigenvalue weighted by molar-refractivity contribution is 0.109. The highest BCUT2D eigenvalue weighted by atomic mass is 32.2. The van der Waals surface area contributed by atoms with Crippen molar-refractivity contribution in [1.29, 1.82) is 0 Å². The third-order valence-electron chi connectivity index (χ3n) is 6.04. The quantitative estimate of drug-likeness (QED) is 0.725. The number of likely N-dealkylation sites (N-methyl/N-ethyl adjacent to an activating group) is 1. The van der Waals surface area contributed by atoms with Gasteiger partial charge in [-0.2, -0.15) is 0 Å². The van der Waals surface area contributed by atoms with Gasteiger partial charge < -0.3 is 4.90 Å². The molecule has 1 aromatic rings. The fourth-order valence-electron chi connectivity index (χ4n) is 4.16. The molecule has 0 aromatic heterocycles. The first kappa shape index (κ1) is 21.7. The van der Waals surface area contributed by atoms with Gasteiger partial charge in [0.1, 0.15) is 0 Å². The molecule has 3 rings (SSSR count). The molecule has 2 heterocycles. The summed E-state index contributed by atoms with van der Waals surface area (Å²) in [4.78, 5) is 4.59. The van der Waals surface area contributed by atoms with E-state index in [1.54, 1.807) is 12.1 Å². The molecule has 0 N–H and O–H groups in total. The Labute approximate surface area is 169 Å². The summed E-state index contributed by atoms with van der Waals surface area (Å²) in [5, 5.41) is -0.897. The Bertz CT molecular complexity index is 895. The van der Waals surface area contributed by atoms with Crippen molar-refractivity contribution in [3.05, 3.63) is 29.8 Å². The van der Waals surface area contributed by atoms with E-state index in [-0.39, 0.29) is 21.8 Å². The van der Waals surface area contributed by atoms with Gasteiger partial charge in [0.15, 0.2) is 19.7 Å². The van der Waals surface area contributed by atoms with Crippen LogP contribution in [-0.4, -0.2) is 82.2 Å². The molecule has 158 valence electrons. The standard InChI is InChI=1S/C20H32N2O4S2/c1-5-21-10-12-22(13-11-21)18-14-27(23,24)15-19(18)28(25,26)17-8-6-16(7-9-17)20(2,3)4/h6-9,18-19H,5,10-15H2,1-4H3/t18-,19+/m1/s1.